The van der Waals surface area contributed by atoms with E-state index in [1.165, 1.54) is 0 Å². The predicted molar refractivity (Wildman–Crippen MR) is 116 cm³/mol. The highest BCUT2D eigenvalue weighted by atomic mass is 19.1. The molecular formula is C24H29FN2O4. The molecule has 1 aliphatic carbocycles. The Kier molecular flexibility index (Phi) is 7.41. The molecule has 2 aliphatic rings. The Morgan fingerprint density at radius 2 is 2.00 bits per heavy atom. The number of carbonyl (C=O) groups excluding carboxylic acids is 2. The SMILES string of the molecule is C=O.CC(C=O)c1ccc(OC2c3cc(O)cc(F)c3C[C@H]2N2CCCC(N)C2)cc1. The summed E-state index contributed by atoms with van der Waals surface area (Å²) in [6, 6.07) is 10.3. The first kappa shape index (κ1) is 22.9. The lowest BCUT2D eigenvalue weighted by molar-refractivity contribution is -0.108. The molecule has 3 N–H and O–H groups in total. The molecule has 3 unspecified atom stereocenters. The topological polar surface area (TPSA) is 92.9 Å². The summed E-state index contributed by atoms with van der Waals surface area (Å²) in [4.78, 5) is 21.3. The number of nitrogens with two attached hydrogens (primary N) is 1. The van der Waals surface area contributed by atoms with E-state index in [1.807, 2.05) is 38.0 Å². The molecule has 0 bridgehead atoms. The Bertz CT molecular complexity index is 905. The summed E-state index contributed by atoms with van der Waals surface area (Å²) in [5, 5.41) is 9.96. The van der Waals surface area contributed by atoms with Gasteiger partial charge in [0.2, 0.25) is 0 Å². The van der Waals surface area contributed by atoms with Gasteiger partial charge in [0.15, 0.2) is 0 Å². The number of aldehydes is 1. The molecule has 166 valence electrons. The van der Waals surface area contributed by atoms with E-state index >= 15 is 0 Å². The van der Waals surface area contributed by atoms with Gasteiger partial charge in [-0.1, -0.05) is 19.1 Å². The van der Waals surface area contributed by atoms with Crippen LogP contribution in [0.15, 0.2) is 36.4 Å². The Morgan fingerprint density at radius 1 is 1.29 bits per heavy atom. The van der Waals surface area contributed by atoms with E-state index in [4.69, 9.17) is 15.3 Å². The molecule has 6 nitrogen and oxygen atoms in total. The lowest BCUT2D eigenvalue weighted by Crippen LogP contribution is -2.49. The minimum atomic E-state index is -0.397. The number of piperidine rings is 1. The number of nitrogens with zero attached hydrogens (tertiary/aromatic N) is 1. The number of hydrogen-bond acceptors (Lipinski definition) is 6. The standard InChI is InChI=1S/C23H27FN2O3.CH2O/c1-14(13-27)15-4-6-18(7-5-15)29-23-20-9-17(28)10-21(24)19(20)11-22(23)26-8-2-3-16(25)12-26;1-2/h4-7,9-10,13-14,16,22-23,28H,2-3,8,11-12,25H2,1H3;1H2/t14?,16?,22-,23?;/m1./s1. The van der Waals surface area contributed by atoms with E-state index in [0.717, 1.165) is 43.8 Å². The number of fused-ring (bicyclic) bond motifs is 1. The second-order valence-corrected chi connectivity index (χ2v) is 8.20. The lowest BCUT2D eigenvalue weighted by atomic mass is 10.0. The summed E-state index contributed by atoms with van der Waals surface area (Å²) in [7, 11) is 0. The number of phenolic OH excluding ortho intramolecular Hbond substituents is 1. The normalized spacial score (nSPS) is 23.9. The molecule has 0 aromatic heterocycles. The fraction of sp³-hybridized carbons (Fsp3) is 0.417. The van der Waals surface area contributed by atoms with Crippen LogP contribution in [0.3, 0.4) is 0 Å². The molecule has 1 aliphatic heterocycles. The maximum absolute atomic E-state index is 14.6. The zero-order valence-corrected chi connectivity index (χ0v) is 17.7. The molecule has 1 heterocycles. The van der Waals surface area contributed by atoms with E-state index in [2.05, 4.69) is 4.90 Å². The van der Waals surface area contributed by atoms with Crippen molar-refractivity contribution in [3.8, 4) is 11.5 Å². The van der Waals surface area contributed by atoms with Crippen LogP contribution < -0.4 is 10.5 Å². The van der Waals surface area contributed by atoms with Crippen molar-refractivity contribution in [2.45, 2.75) is 50.3 Å². The highest BCUT2D eigenvalue weighted by Crippen LogP contribution is 2.41. The molecule has 4 atom stereocenters. The second-order valence-electron chi connectivity index (χ2n) is 8.20. The largest absolute Gasteiger partial charge is 0.508 e. The van der Waals surface area contributed by atoms with E-state index in [9.17, 15) is 14.3 Å². The lowest BCUT2D eigenvalue weighted by Gasteiger charge is -2.38. The Morgan fingerprint density at radius 3 is 2.65 bits per heavy atom. The van der Waals surface area contributed by atoms with Crippen molar-refractivity contribution < 1.29 is 23.8 Å². The molecule has 2 aromatic carbocycles. The van der Waals surface area contributed by atoms with Crippen LogP contribution in [0.4, 0.5) is 4.39 Å². The van der Waals surface area contributed by atoms with Gasteiger partial charge in [0.25, 0.3) is 0 Å². The van der Waals surface area contributed by atoms with Crippen molar-refractivity contribution in [2.24, 2.45) is 5.73 Å². The highest BCUT2D eigenvalue weighted by molar-refractivity contribution is 5.61. The van der Waals surface area contributed by atoms with Gasteiger partial charge in [0.05, 0.1) is 6.04 Å². The molecule has 0 amide bonds. The van der Waals surface area contributed by atoms with Gasteiger partial charge in [-0.25, -0.2) is 4.39 Å². The van der Waals surface area contributed by atoms with Crippen LogP contribution in [-0.2, 0) is 16.0 Å². The number of phenols is 1. The van der Waals surface area contributed by atoms with Gasteiger partial charge < -0.3 is 25.2 Å². The molecule has 0 saturated carbocycles. The number of aromatic hydroxyl groups is 1. The van der Waals surface area contributed by atoms with Crippen molar-refractivity contribution in [1.29, 1.82) is 0 Å². The smallest absolute Gasteiger partial charge is 0.140 e. The van der Waals surface area contributed by atoms with Crippen molar-refractivity contribution in [3.63, 3.8) is 0 Å². The van der Waals surface area contributed by atoms with Crippen molar-refractivity contribution >= 4 is 13.1 Å². The zero-order valence-electron chi connectivity index (χ0n) is 17.7. The van der Waals surface area contributed by atoms with E-state index in [1.54, 1.807) is 6.07 Å². The van der Waals surface area contributed by atoms with Gasteiger partial charge >= 0.3 is 0 Å². The Hall–Kier alpha value is -2.77. The third-order valence-electron chi connectivity index (χ3n) is 6.12. The molecular weight excluding hydrogens is 399 g/mol. The number of ether oxygens (including phenoxy) is 1. The number of benzene rings is 2. The predicted octanol–water partition coefficient (Wildman–Crippen LogP) is 3.12. The summed E-state index contributed by atoms with van der Waals surface area (Å²) in [6.07, 6.45) is 3.04. The molecule has 31 heavy (non-hydrogen) atoms. The summed E-state index contributed by atoms with van der Waals surface area (Å²) in [5.41, 5.74) is 8.39. The van der Waals surface area contributed by atoms with Crippen LogP contribution in [0.2, 0.25) is 0 Å². The van der Waals surface area contributed by atoms with Gasteiger partial charge in [-0.15, -0.1) is 0 Å². The van der Waals surface area contributed by atoms with Gasteiger partial charge in [-0.2, -0.15) is 0 Å². The molecule has 0 radical (unpaired) electrons. The molecule has 1 saturated heterocycles. The quantitative estimate of drug-likeness (QED) is 0.711. The van der Waals surface area contributed by atoms with Crippen LogP contribution in [-0.4, -0.2) is 48.3 Å². The Labute approximate surface area is 181 Å². The summed E-state index contributed by atoms with van der Waals surface area (Å²) in [6.45, 7) is 5.49. The molecule has 7 heteroatoms. The van der Waals surface area contributed by atoms with Crippen LogP contribution in [0.5, 0.6) is 11.5 Å². The first-order valence-electron chi connectivity index (χ1n) is 10.5. The average molecular weight is 429 g/mol. The number of rotatable bonds is 5. The first-order chi connectivity index (χ1) is 15.0. The number of hydrogen-bond donors (Lipinski definition) is 2. The minimum absolute atomic E-state index is 0.0405. The highest BCUT2D eigenvalue weighted by Gasteiger charge is 2.41. The molecule has 2 aromatic rings. The maximum atomic E-state index is 14.6. The van der Waals surface area contributed by atoms with Crippen LogP contribution in [0.1, 0.15) is 48.5 Å². The summed E-state index contributed by atoms with van der Waals surface area (Å²) in [5.74, 6) is -0.0155. The van der Waals surface area contributed by atoms with Gasteiger partial charge in [-0.05, 0) is 55.1 Å². The van der Waals surface area contributed by atoms with Gasteiger partial charge in [0, 0.05) is 30.1 Å². The third-order valence-corrected chi connectivity index (χ3v) is 6.12. The maximum Gasteiger partial charge on any atom is 0.140 e. The second kappa shape index (κ2) is 10.0. The van der Waals surface area contributed by atoms with Crippen LogP contribution in [0, 0.1) is 5.82 Å². The summed E-state index contributed by atoms with van der Waals surface area (Å²) >= 11 is 0. The summed E-state index contributed by atoms with van der Waals surface area (Å²) < 4.78 is 20.9. The fourth-order valence-corrected chi connectivity index (χ4v) is 4.51. The molecule has 0 spiro atoms. The van der Waals surface area contributed by atoms with Crippen LogP contribution in [0.25, 0.3) is 0 Å². The van der Waals surface area contributed by atoms with Crippen LogP contribution >= 0.6 is 0 Å². The van der Waals surface area contributed by atoms with Crippen molar-refractivity contribution in [1.82, 2.24) is 4.90 Å². The van der Waals surface area contributed by atoms with Gasteiger partial charge in [-0.3, -0.25) is 4.90 Å². The van der Waals surface area contributed by atoms with E-state index < -0.39 is 11.9 Å². The van der Waals surface area contributed by atoms with E-state index in [-0.39, 0.29) is 23.8 Å². The van der Waals surface area contributed by atoms with Gasteiger partial charge in [0.1, 0.15) is 36.5 Å². The van der Waals surface area contributed by atoms with E-state index in [0.29, 0.717) is 23.3 Å². The average Bonchev–Trinajstić information content (AvgIpc) is 3.13. The first-order valence-corrected chi connectivity index (χ1v) is 10.5. The minimum Gasteiger partial charge on any atom is -0.508 e. The molecule has 1 fully saturated rings. The number of likely N-dealkylation sites (tertiary alicyclic amines) is 1. The van der Waals surface area contributed by atoms with Crippen molar-refractivity contribution in [3.05, 3.63) is 58.9 Å². The third kappa shape index (κ3) is 4.94. The number of carbonyl (C=O) groups is 2. The number of halogens is 1. The van der Waals surface area contributed by atoms with Crippen molar-refractivity contribution in [2.75, 3.05) is 13.1 Å². The Balaban J connectivity index is 0.00000132. The fourth-order valence-electron chi connectivity index (χ4n) is 4.51. The molecule has 4 rings (SSSR count). The monoisotopic (exact) mass is 428 g/mol. The zero-order chi connectivity index (χ0) is 22.5.